The Morgan fingerprint density at radius 2 is 1.83 bits per heavy atom. The number of ether oxygens (including phenoxy) is 1. The van der Waals surface area contributed by atoms with E-state index < -0.39 is 0 Å². The van der Waals surface area contributed by atoms with Crippen LogP contribution in [0.1, 0.15) is 24.0 Å². The number of nitrogens with one attached hydrogen (secondary N) is 2. The van der Waals surface area contributed by atoms with E-state index in [0.29, 0.717) is 0 Å². The molecular weight excluding hydrogens is 286 g/mol. The van der Waals surface area contributed by atoms with Crippen molar-refractivity contribution in [3.8, 4) is 5.75 Å². The molecule has 0 unspecified atom stereocenters. The minimum Gasteiger partial charge on any atom is -0.496 e. The maximum Gasteiger partial charge on any atom is 0.123 e. The van der Waals surface area contributed by atoms with Gasteiger partial charge in [0.05, 0.1) is 7.11 Å². The van der Waals surface area contributed by atoms with E-state index in [9.17, 15) is 0 Å². The summed E-state index contributed by atoms with van der Waals surface area (Å²) in [4.78, 5) is 2.50. The molecule has 3 rings (SSSR count). The molecule has 2 N–H and O–H groups in total. The summed E-state index contributed by atoms with van der Waals surface area (Å²) < 4.78 is 5.52. The first kappa shape index (κ1) is 15.8. The Balaban J connectivity index is 1.60. The van der Waals surface area contributed by atoms with Crippen LogP contribution in [0.4, 0.5) is 5.69 Å². The molecular formula is C19H25N3O. The van der Waals surface area contributed by atoms with Gasteiger partial charge in [0.15, 0.2) is 0 Å². The second-order valence-electron chi connectivity index (χ2n) is 5.97. The summed E-state index contributed by atoms with van der Waals surface area (Å²) in [6, 6.07) is 16.6. The van der Waals surface area contributed by atoms with E-state index in [1.807, 2.05) is 30.3 Å². The molecule has 4 heteroatoms. The van der Waals surface area contributed by atoms with Gasteiger partial charge in [0.25, 0.3) is 0 Å². The third kappa shape index (κ3) is 4.47. The van der Waals surface area contributed by atoms with Crippen LogP contribution < -0.4 is 15.6 Å². The highest BCUT2D eigenvalue weighted by molar-refractivity contribution is 5.41. The fourth-order valence-corrected chi connectivity index (χ4v) is 3.02. The molecule has 0 aliphatic carbocycles. The molecule has 0 atom stereocenters. The zero-order chi connectivity index (χ0) is 15.9. The van der Waals surface area contributed by atoms with Crippen molar-refractivity contribution < 1.29 is 4.74 Å². The number of hydrazine groups is 1. The monoisotopic (exact) mass is 311 g/mol. The molecule has 0 bridgehead atoms. The quantitative estimate of drug-likeness (QED) is 0.768. The predicted molar refractivity (Wildman–Crippen MR) is 94.4 cm³/mol. The highest BCUT2D eigenvalue weighted by Gasteiger charge is 2.14. The topological polar surface area (TPSA) is 36.5 Å². The van der Waals surface area contributed by atoms with Crippen LogP contribution in [0.5, 0.6) is 5.75 Å². The number of hydrogen-bond donors (Lipinski definition) is 2. The van der Waals surface area contributed by atoms with Gasteiger partial charge in [0, 0.05) is 24.3 Å². The summed E-state index contributed by atoms with van der Waals surface area (Å²) >= 11 is 0. The van der Waals surface area contributed by atoms with Gasteiger partial charge in [-0.2, -0.15) is 0 Å². The van der Waals surface area contributed by atoms with Gasteiger partial charge in [0.2, 0.25) is 0 Å². The Morgan fingerprint density at radius 1 is 1.04 bits per heavy atom. The highest BCUT2D eigenvalue weighted by Crippen LogP contribution is 2.23. The molecule has 1 aliphatic rings. The largest absolute Gasteiger partial charge is 0.496 e. The number of rotatable bonds is 7. The van der Waals surface area contributed by atoms with E-state index in [1.54, 1.807) is 7.11 Å². The third-order valence-corrected chi connectivity index (χ3v) is 4.24. The molecule has 0 spiro atoms. The lowest BCUT2D eigenvalue weighted by Crippen LogP contribution is -2.21. The lowest BCUT2D eigenvalue weighted by molar-refractivity contribution is 0.320. The average Bonchev–Trinajstić information content (AvgIpc) is 3.09. The molecule has 0 amide bonds. The fourth-order valence-electron chi connectivity index (χ4n) is 3.02. The van der Waals surface area contributed by atoms with Crippen LogP contribution in [0.15, 0.2) is 48.5 Å². The van der Waals surface area contributed by atoms with Gasteiger partial charge in [-0.25, -0.2) is 5.43 Å². The molecule has 0 saturated carbocycles. The first-order valence-corrected chi connectivity index (χ1v) is 8.27. The zero-order valence-corrected chi connectivity index (χ0v) is 13.7. The molecule has 0 radical (unpaired) electrons. The molecule has 1 saturated heterocycles. The molecule has 2 aromatic rings. The van der Waals surface area contributed by atoms with Crippen molar-refractivity contribution in [2.75, 3.05) is 25.6 Å². The van der Waals surface area contributed by atoms with E-state index in [-0.39, 0.29) is 0 Å². The molecule has 2 aromatic carbocycles. The zero-order valence-electron chi connectivity index (χ0n) is 13.7. The molecule has 1 fully saturated rings. The second-order valence-corrected chi connectivity index (χ2v) is 5.97. The Hall–Kier alpha value is -2.04. The number of hydrogen-bond acceptors (Lipinski definition) is 4. The van der Waals surface area contributed by atoms with Crippen LogP contribution in [0.25, 0.3) is 0 Å². The van der Waals surface area contributed by atoms with Crippen LogP contribution in [-0.2, 0) is 13.1 Å². The van der Waals surface area contributed by atoms with Crippen LogP contribution >= 0.6 is 0 Å². The SMILES string of the molecule is COc1ccc(CNNc2ccccc2)cc1CN1CCCC1. The molecule has 0 aromatic heterocycles. The van der Waals surface area contributed by atoms with Gasteiger partial charge in [-0.1, -0.05) is 24.3 Å². The van der Waals surface area contributed by atoms with Crippen molar-refractivity contribution in [1.29, 1.82) is 0 Å². The summed E-state index contributed by atoms with van der Waals surface area (Å²) in [5, 5.41) is 0. The normalized spacial score (nSPS) is 14.8. The number of methoxy groups -OCH3 is 1. The first-order valence-electron chi connectivity index (χ1n) is 8.27. The smallest absolute Gasteiger partial charge is 0.123 e. The van der Waals surface area contributed by atoms with Crippen molar-refractivity contribution in [3.05, 3.63) is 59.7 Å². The number of likely N-dealkylation sites (tertiary alicyclic amines) is 1. The van der Waals surface area contributed by atoms with Crippen LogP contribution in [0.3, 0.4) is 0 Å². The number of para-hydroxylation sites is 1. The summed E-state index contributed by atoms with van der Waals surface area (Å²) in [6.45, 7) is 4.14. The van der Waals surface area contributed by atoms with Gasteiger partial charge in [-0.05, 0) is 55.8 Å². The van der Waals surface area contributed by atoms with E-state index in [0.717, 1.165) is 24.5 Å². The Labute approximate surface area is 138 Å². The lowest BCUT2D eigenvalue weighted by Gasteiger charge is -2.18. The van der Waals surface area contributed by atoms with E-state index in [4.69, 9.17) is 4.74 Å². The second kappa shape index (κ2) is 7.99. The lowest BCUT2D eigenvalue weighted by atomic mass is 10.1. The van der Waals surface area contributed by atoms with Gasteiger partial charge in [-0.3, -0.25) is 4.90 Å². The number of benzene rings is 2. The van der Waals surface area contributed by atoms with Crippen molar-refractivity contribution in [2.24, 2.45) is 0 Å². The van der Waals surface area contributed by atoms with Crippen LogP contribution in [-0.4, -0.2) is 25.1 Å². The number of nitrogens with zero attached hydrogens (tertiary/aromatic N) is 1. The summed E-state index contributed by atoms with van der Waals surface area (Å²) in [5.74, 6) is 0.983. The van der Waals surface area contributed by atoms with Gasteiger partial charge in [-0.15, -0.1) is 0 Å². The summed E-state index contributed by atoms with van der Waals surface area (Å²) in [5.41, 5.74) is 10.1. The minimum absolute atomic E-state index is 0.770. The van der Waals surface area contributed by atoms with Crippen LogP contribution in [0, 0.1) is 0 Å². The van der Waals surface area contributed by atoms with Gasteiger partial charge in [0.1, 0.15) is 5.75 Å². The highest BCUT2D eigenvalue weighted by atomic mass is 16.5. The minimum atomic E-state index is 0.770. The Bertz CT molecular complexity index is 609. The summed E-state index contributed by atoms with van der Waals surface area (Å²) in [7, 11) is 1.75. The van der Waals surface area contributed by atoms with Crippen molar-refractivity contribution in [2.45, 2.75) is 25.9 Å². The number of anilines is 1. The van der Waals surface area contributed by atoms with Crippen LogP contribution in [0.2, 0.25) is 0 Å². The standard InChI is InChI=1S/C19H25N3O/c1-23-19-10-9-16(13-17(19)15-22-11-5-6-12-22)14-20-21-18-7-3-2-4-8-18/h2-4,7-10,13,20-21H,5-6,11-12,14-15H2,1H3. The predicted octanol–water partition coefficient (Wildman–Crippen LogP) is 3.41. The molecule has 122 valence electrons. The average molecular weight is 311 g/mol. The Kier molecular flexibility index (Phi) is 5.51. The fraction of sp³-hybridized carbons (Fsp3) is 0.368. The third-order valence-electron chi connectivity index (χ3n) is 4.24. The van der Waals surface area contributed by atoms with Crippen molar-refractivity contribution >= 4 is 5.69 Å². The molecule has 1 aliphatic heterocycles. The molecule has 1 heterocycles. The first-order chi connectivity index (χ1) is 11.3. The molecule has 23 heavy (non-hydrogen) atoms. The van der Waals surface area contributed by atoms with Gasteiger partial charge < -0.3 is 10.2 Å². The van der Waals surface area contributed by atoms with Gasteiger partial charge >= 0.3 is 0 Å². The maximum atomic E-state index is 5.52. The van der Waals surface area contributed by atoms with E-state index >= 15 is 0 Å². The van der Waals surface area contributed by atoms with Crippen molar-refractivity contribution in [1.82, 2.24) is 10.3 Å². The van der Waals surface area contributed by atoms with E-state index in [1.165, 1.54) is 37.1 Å². The van der Waals surface area contributed by atoms with Crippen molar-refractivity contribution in [3.63, 3.8) is 0 Å². The maximum absolute atomic E-state index is 5.52. The summed E-state index contributed by atoms with van der Waals surface area (Å²) in [6.07, 6.45) is 2.62. The Morgan fingerprint density at radius 3 is 2.57 bits per heavy atom. The van der Waals surface area contributed by atoms with E-state index in [2.05, 4.69) is 34.0 Å². The molecule has 4 nitrogen and oxygen atoms in total.